The molecule has 0 unspecified atom stereocenters. The van der Waals surface area contributed by atoms with Gasteiger partial charge in [0.2, 0.25) is 0 Å². The van der Waals surface area contributed by atoms with E-state index in [1.165, 1.54) is 11.3 Å². The number of thiophene rings is 1. The van der Waals surface area contributed by atoms with E-state index in [-0.39, 0.29) is 5.56 Å². The first kappa shape index (κ1) is 12.9. The minimum Gasteiger partial charge on any atom is -0.496 e. The Hall–Kier alpha value is -2.14. The van der Waals surface area contributed by atoms with E-state index in [1.54, 1.807) is 7.11 Å². The molecule has 0 aliphatic heterocycles. The van der Waals surface area contributed by atoms with Gasteiger partial charge < -0.3 is 9.72 Å². The van der Waals surface area contributed by atoms with Gasteiger partial charge in [-0.25, -0.2) is 4.98 Å². The molecule has 0 aliphatic carbocycles. The zero-order chi connectivity index (χ0) is 14.1. The zero-order valence-electron chi connectivity index (χ0n) is 11.3. The summed E-state index contributed by atoms with van der Waals surface area (Å²) in [6.45, 7) is 1.98. The second-order valence-electron chi connectivity index (χ2n) is 4.58. The maximum atomic E-state index is 12.0. The van der Waals surface area contributed by atoms with E-state index in [9.17, 15) is 4.79 Å². The molecule has 0 bridgehead atoms. The van der Waals surface area contributed by atoms with Gasteiger partial charge in [0.1, 0.15) is 16.4 Å². The van der Waals surface area contributed by atoms with Crippen LogP contribution in [0.15, 0.2) is 35.1 Å². The van der Waals surface area contributed by atoms with Crippen LogP contribution in [0.3, 0.4) is 0 Å². The molecule has 3 rings (SSSR count). The molecule has 0 saturated heterocycles. The highest BCUT2D eigenvalue weighted by molar-refractivity contribution is 7.18. The monoisotopic (exact) mass is 286 g/mol. The number of methoxy groups -OCH3 is 1. The molecule has 0 saturated carbocycles. The third-order valence-corrected chi connectivity index (χ3v) is 4.07. The molecule has 1 N–H and O–H groups in total. The minimum atomic E-state index is -0.0794. The maximum Gasteiger partial charge on any atom is 0.259 e. The van der Waals surface area contributed by atoms with Gasteiger partial charge in [0.05, 0.1) is 12.5 Å². The lowest BCUT2D eigenvalue weighted by molar-refractivity contribution is 0.410. The van der Waals surface area contributed by atoms with Gasteiger partial charge in [-0.15, -0.1) is 11.3 Å². The highest BCUT2D eigenvalue weighted by atomic mass is 32.1. The number of aryl methyl sites for hydroxylation is 1. The van der Waals surface area contributed by atoms with Gasteiger partial charge in [-0.3, -0.25) is 4.79 Å². The van der Waals surface area contributed by atoms with Crippen molar-refractivity contribution in [3.05, 3.63) is 57.0 Å². The molecule has 5 heteroatoms. The molecule has 0 aliphatic rings. The number of benzene rings is 1. The summed E-state index contributed by atoms with van der Waals surface area (Å²) in [7, 11) is 1.64. The van der Waals surface area contributed by atoms with Crippen LogP contribution >= 0.6 is 11.3 Å². The Kier molecular flexibility index (Phi) is 3.28. The number of nitrogens with zero attached hydrogens (tertiary/aromatic N) is 1. The summed E-state index contributed by atoms with van der Waals surface area (Å²) in [4.78, 5) is 21.3. The maximum absolute atomic E-state index is 12.0. The molecule has 0 amide bonds. The molecule has 2 heterocycles. The predicted molar refractivity (Wildman–Crippen MR) is 80.8 cm³/mol. The van der Waals surface area contributed by atoms with Crippen LogP contribution in [0.2, 0.25) is 0 Å². The van der Waals surface area contributed by atoms with Crippen molar-refractivity contribution in [3.63, 3.8) is 0 Å². The predicted octanol–water partition coefficient (Wildman–Crippen LogP) is 2.89. The molecule has 1 aromatic carbocycles. The van der Waals surface area contributed by atoms with Crippen molar-refractivity contribution in [2.75, 3.05) is 7.11 Å². The van der Waals surface area contributed by atoms with E-state index in [0.717, 1.165) is 21.0 Å². The fraction of sp³-hybridized carbons (Fsp3) is 0.200. The van der Waals surface area contributed by atoms with Gasteiger partial charge in [-0.05, 0) is 19.1 Å². The van der Waals surface area contributed by atoms with Gasteiger partial charge in [0, 0.05) is 16.9 Å². The summed E-state index contributed by atoms with van der Waals surface area (Å²) in [5.41, 5.74) is 0.926. The largest absolute Gasteiger partial charge is 0.496 e. The number of aromatic nitrogens is 2. The second kappa shape index (κ2) is 5.09. The third-order valence-electron chi connectivity index (χ3n) is 3.13. The fourth-order valence-electron chi connectivity index (χ4n) is 2.21. The number of para-hydroxylation sites is 1. The summed E-state index contributed by atoms with van der Waals surface area (Å²) in [6.07, 6.45) is 0.548. The molecule has 0 fully saturated rings. The van der Waals surface area contributed by atoms with E-state index in [2.05, 4.69) is 9.97 Å². The Labute approximate surface area is 120 Å². The Morgan fingerprint density at radius 2 is 2.15 bits per heavy atom. The highest BCUT2D eigenvalue weighted by Gasteiger charge is 2.09. The summed E-state index contributed by atoms with van der Waals surface area (Å²) in [5.74, 6) is 1.46. The van der Waals surface area contributed by atoms with Crippen molar-refractivity contribution < 1.29 is 4.74 Å². The van der Waals surface area contributed by atoms with Gasteiger partial charge in [0.25, 0.3) is 5.56 Å². The van der Waals surface area contributed by atoms with Crippen LogP contribution in [0, 0.1) is 6.92 Å². The number of rotatable bonds is 3. The molecular weight excluding hydrogens is 272 g/mol. The van der Waals surface area contributed by atoms with Crippen LogP contribution < -0.4 is 10.3 Å². The van der Waals surface area contributed by atoms with Crippen molar-refractivity contribution >= 4 is 21.6 Å². The van der Waals surface area contributed by atoms with Gasteiger partial charge >= 0.3 is 0 Å². The average Bonchev–Trinajstić information content (AvgIpc) is 2.80. The first-order valence-corrected chi connectivity index (χ1v) is 7.10. The van der Waals surface area contributed by atoms with Crippen LogP contribution in [0.4, 0.5) is 0 Å². The van der Waals surface area contributed by atoms with Crippen molar-refractivity contribution in [2.24, 2.45) is 0 Å². The Bertz CT molecular complexity index is 820. The minimum absolute atomic E-state index is 0.0794. The van der Waals surface area contributed by atoms with Gasteiger partial charge in [-0.1, -0.05) is 18.2 Å². The van der Waals surface area contributed by atoms with Gasteiger partial charge in [0.15, 0.2) is 0 Å². The molecule has 0 spiro atoms. The number of aromatic amines is 1. The number of hydrogen-bond donors (Lipinski definition) is 1. The Morgan fingerprint density at radius 3 is 2.95 bits per heavy atom. The summed E-state index contributed by atoms with van der Waals surface area (Å²) in [5, 5.41) is 0.663. The zero-order valence-corrected chi connectivity index (χ0v) is 12.1. The SMILES string of the molecule is COc1ccccc1Cc1nc2sc(C)cc2c(=O)[nH]1. The summed E-state index contributed by atoms with van der Waals surface area (Å²) in [6, 6.07) is 9.62. The number of ether oxygens (including phenoxy) is 1. The van der Waals surface area contributed by atoms with Crippen LogP contribution in [0.5, 0.6) is 5.75 Å². The summed E-state index contributed by atoms with van der Waals surface area (Å²) < 4.78 is 5.32. The quantitative estimate of drug-likeness (QED) is 0.805. The van der Waals surface area contributed by atoms with E-state index < -0.39 is 0 Å². The van der Waals surface area contributed by atoms with E-state index in [1.807, 2.05) is 37.3 Å². The first-order valence-electron chi connectivity index (χ1n) is 6.28. The number of fused-ring (bicyclic) bond motifs is 1. The molecule has 20 heavy (non-hydrogen) atoms. The topological polar surface area (TPSA) is 55.0 Å². The molecule has 0 atom stereocenters. The lowest BCUT2D eigenvalue weighted by atomic mass is 10.1. The van der Waals surface area contributed by atoms with E-state index >= 15 is 0 Å². The van der Waals surface area contributed by atoms with Crippen LogP contribution in [-0.4, -0.2) is 17.1 Å². The normalized spacial score (nSPS) is 10.9. The van der Waals surface area contributed by atoms with Crippen LogP contribution in [0.25, 0.3) is 10.2 Å². The third kappa shape index (κ3) is 2.32. The smallest absolute Gasteiger partial charge is 0.259 e. The number of nitrogens with one attached hydrogen (secondary N) is 1. The molecule has 3 aromatic rings. The lowest BCUT2D eigenvalue weighted by Gasteiger charge is -2.07. The Morgan fingerprint density at radius 1 is 1.35 bits per heavy atom. The van der Waals surface area contributed by atoms with Crippen LogP contribution in [0.1, 0.15) is 16.3 Å². The first-order chi connectivity index (χ1) is 9.67. The standard InChI is InChI=1S/C15H14N2O2S/c1-9-7-11-14(18)16-13(17-15(11)20-9)8-10-5-3-4-6-12(10)19-2/h3-7H,8H2,1-2H3,(H,16,17,18). The van der Waals surface area contributed by atoms with Crippen molar-refractivity contribution in [1.29, 1.82) is 0 Å². The van der Waals surface area contributed by atoms with Crippen molar-refractivity contribution in [2.45, 2.75) is 13.3 Å². The second-order valence-corrected chi connectivity index (χ2v) is 5.81. The number of H-pyrrole nitrogens is 1. The lowest BCUT2D eigenvalue weighted by Crippen LogP contribution is -2.11. The highest BCUT2D eigenvalue weighted by Crippen LogP contribution is 2.22. The summed E-state index contributed by atoms with van der Waals surface area (Å²) >= 11 is 1.54. The van der Waals surface area contributed by atoms with E-state index in [4.69, 9.17) is 4.74 Å². The van der Waals surface area contributed by atoms with Crippen molar-refractivity contribution in [1.82, 2.24) is 9.97 Å². The Balaban J connectivity index is 2.04. The van der Waals surface area contributed by atoms with Crippen molar-refractivity contribution in [3.8, 4) is 5.75 Å². The fourth-order valence-corrected chi connectivity index (χ4v) is 3.11. The average molecular weight is 286 g/mol. The molecule has 102 valence electrons. The van der Waals surface area contributed by atoms with Gasteiger partial charge in [-0.2, -0.15) is 0 Å². The molecule has 0 radical (unpaired) electrons. The van der Waals surface area contributed by atoms with E-state index in [0.29, 0.717) is 17.6 Å². The molecule has 4 nitrogen and oxygen atoms in total. The molecular formula is C15H14N2O2S. The number of hydrogen-bond acceptors (Lipinski definition) is 4. The molecule has 2 aromatic heterocycles. The van der Waals surface area contributed by atoms with Crippen LogP contribution in [-0.2, 0) is 6.42 Å².